The van der Waals surface area contributed by atoms with Crippen LogP contribution in [0, 0.1) is 12.8 Å². The maximum Gasteiger partial charge on any atom is -0.0195 e. The van der Waals surface area contributed by atoms with Crippen molar-refractivity contribution in [1.29, 1.82) is 0 Å². The van der Waals surface area contributed by atoms with Gasteiger partial charge in [0.25, 0.3) is 0 Å². The maximum absolute atomic E-state index is 4.50. The van der Waals surface area contributed by atoms with Crippen LogP contribution in [0.25, 0.3) is 0 Å². The molecule has 0 aliphatic heterocycles. The summed E-state index contributed by atoms with van der Waals surface area (Å²) in [5.41, 5.74) is 9.00. The van der Waals surface area contributed by atoms with E-state index in [4.69, 9.17) is 0 Å². The van der Waals surface area contributed by atoms with Gasteiger partial charge in [-0.2, -0.15) is 0 Å². The molecule has 2 rings (SSSR count). The number of hydrogen-bond acceptors (Lipinski definition) is 2. The van der Waals surface area contributed by atoms with Crippen LogP contribution in [0.15, 0.2) is 72.8 Å². The van der Waals surface area contributed by atoms with E-state index in [-0.39, 0.29) is 0 Å². The molecule has 22 heavy (non-hydrogen) atoms. The van der Waals surface area contributed by atoms with Gasteiger partial charge in [0.05, 0.1) is 0 Å². The largest absolute Gasteiger partial charge is 0.333 e. The highest BCUT2D eigenvalue weighted by Gasteiger charge is 1.58. The third-order valence-electron chi connectivity index (χ3n) is 1.33. The molecule has 2 aromatic carbocycles. The molecule has 0 aliphatic rings. The van der Waals surface area contributed by atoms with E-state index < -0.39 is 0 Å². The molecule has 0 heterocycles. The third-order valence-corrected chi connectivity index (χ3v) is 1.33. The van der Waals surface area contributed by atoms with Gasteiger partial charge in [0, 0.05) is 0 Å². The number of terminal acetylenes is 1. The fourth-order valence-electron chi connectivity index (χ4n) is 0.770. The Morgan fingerprint density at radius 2 is 0.409 bits per heavy atom. The van der Waals surface area contributed by atoms with Crippen molar-refractivity contribution in [3.63, 3.8) is 0 Å². The highest BCUT2D eigenvalue weighted by atomic mass is 14.4. The molecule has 0 unspecified atom stereocenters. The molecule has 0 saturated heterocycles. The van der Waals surface area contributed by atoms with Gasteiger partial charge in [-0.3, -0.25) is 0 Å². The van der Waals surface area contributed by atoms with Crippen molar-refractivity contribution >= 4 is 0 Å². The molecule has 0 aliphatic carbocycles. The van der Waals surface area contributed by atoms with Gasteiger partial charge in [0.2, 0.25) is 0 Å². The second kappa shape index (κ2) is 61.7. The second-order valence-electron chi connectivity index (χ2n) is 2.31. The zero-order valence-electron chi connectivity index (χ0n) is 15.2. The zero-order valence-corrected chi connectivity index (χ0v) is 15.2. The summed E-state index contributed by atoms with van der Waals surface area (Å²) in [6, 6.07) is 24.0. The van der Waals surface area contributed by atoms with Gasteiger partial charge in [-0.15, -0.1) is 12.8 Å². The van der Waals surface area contributed by atoms with Crippen molar-refractivity contribution in [2.24, 2.45) is 11.5 Å². The monoisotopic (exact) mass is 304 g/mol. The van der Waals surface area contributed by atoms with E-state index in [1.54, 1.807) is 0 Å². The SMILES string of the molecule is C#C.CC.CC.CN.CN.c1ccccc1.c1ccccc1. The molecule has 2 nitrogen and oxygen atoms in total. The Morgan fingerprint density at radius 3 is 0.455 bits per heavy atom. The topological polar surface area (TPSA) is 52.0 Å². The van der Waals surface area contributed by atoms with E-state index in [1.165, 1.54) is 14.1 Å². The normalized spacial score (nSPS) is 5.55. The van der Waals surface area contributed by atoms with Crippen LogP contribution in [-0.4, -0.2) is 14.1 Å². The van der Waals surface area contributed by atoms with E-state index in [0.717, 1.165) is 0 Å². The quantitative estimate of drug-likeness (QED) is 0.685. The Hall–Kier alpha value is -2.08. The fourth-order valence-corrected chi connectivity index (χ4v) is 0.770. The van der Waals surface area contributed by atoms with E-state index in [2.05, 4.69) is 24.3 Å². The van der Waals surface area contributed by atoms with E-state index in [9.17, 15) is 0 Å². The Morgan fingerprint density at radius 1 is 0.364 bits per heavy atom. The molecular weight excluding hydrogens is 268 g/mol. The minimum atomic E-state index is 1.50. The lowest BCUT2D eigenvalue weighted by molar-refractivity contribution is 1.48. The van der Waals surface area contributed by atoms with Crippen LogP contribution in [0.1, 0.15) is 27.7 Å². The number of hydrogen-bond donors (Lipinski definition) is 2. The molecule has 4 N–H and O–H groups in total. The minimum absolute atomic E-state index is 1.50. The Bertz CT molecular complexity index is 219. The molecule has 126 valence electrons. The summed E-state index contributed by atoms with van der Waals surface area (Å²) in [6.45, 7) is 8.00. The first kappa shape index (κ1) is 32.0. The first-order valence-electron chi connectivity index (χ1n) is 7.49. The molecule has 2 aromatic rings. The number of nitrogens with two attached hydrogens (primary N) is 2. The second-order valence-corrected chi connectivity index (χ2v) is 2.31. The first-order valence-corrected chi connectivity index (χ1v) is 7.49. The van der Waals surface area contributed by atoms with Crippen molar-refractivity contribution in [2.75, 3.05) is 14.1 Å². The van der Waals surface area contributed by atoms with E-state index in [0.29, 0.717) is 0 Å². The van der Waals surface area contributed by atoms with Crippen molar-refractivity contribution in [3.8, 4) is 12.8 Å². The summed E-state index contributed by atoms with van der Waals surface area (Å²) < 4.78 is 0. The third kappa shape index (κ3) is 52.1. The molecule has 0 atom stereocenters. The predicted octanol–water partition coefficient (Wildman–Crippen LogP) is 4.82. The van der Waals surface area contributed by atoms with Crippen molar-refractivity contribution in [2.45, 2.75) is 27.7 Å². The van der Waals surface area contributed by atoms with Crippen LogP contribution in [0.2, 0.25) is 0 Å². The molecular formula is C20H36N2. The van der Waals surface area contributed by atoms with Crippen LogP contribution < -0.4 is 11.5 Å². The fraction of sp³-hybridized carbons (Fsp3) is 0.300. The van der Waals surface area contributed by atoms with Gasteiger partial charge < -0.3 is 11.5 Å². The Balaban J connectivity index is -0.0000000567. The lowest BCUT2D eigenvalue weighted by Gasteiger charge is -1.69. The highest BCUT2D eigenvalue weighted by molar-refractivity contribution is 4.99. The Kier molecular flexibility index (Phi) is 89.9. The molecule has 0 fully saturated rings. The molecule has 0 radical (unpaired) electrons. The average Bonchev–Trinajstić information content (AvgIpc) is 2.73. The van der Waals surface area contributed by atoms with Gasteiger partial charge in [0.15, 0.2) is 0 Å². The Labute approximate surface area is 139 Å². The lowest BCUT2D eigenvalue weighted by atomic mass is 10.4. The average molecular weight is 305 g/mol. The van der Waals surface area contributed by atoms with Gasteiger partial charge in [-0.05, 0) is 14.1 Å². The van der Waals surface area contributed by atoms with Crippen LogP contribution in [0.4, 0.5) is 0 Å². The lowest BCUT2D eigenvalue weighted by Crippen LogP contribution is -1.69. The summed E-state index contributed by atoms with van der Waals surface area (Å²) in [4.78, 5) is 0. The van der Waals surface area contributed by atoms with Crippen molar-refractivity contribution in [3.05, 3.63) is 72.8 Å². The number of benzene rings is 2. The summed E-state index contributed by atoms with van der Waals surface area (Å²) in [6.07, 6.45) is 8.00. The van der Waals surface area contributed by atoms with E-state index in [1.807, 2.05) is 100 Å². The zero-order chi connectivity index (χ0) is 18.5. The van der Waals surface area contributed by atoms with Gasteiger partial charge >= 0.3 is 0 Å². The highest BCUT2D eigenvalue weighted by Crippen LogP contribution is 1.80. The van der Waals surface area contributed by atoms with Gasteiger partial charge in [-0.1, -0.05) is 100 Å². The first-order chi connectivity index (χ1) is 11.0. The molecule has 2 heteroatoms. The smallest absolute Gasteiger partial charge is 0.0195 e. The van der Waals surface area contributed by atoms with Gasteiger partial charge in [0.1, 0.15) is 0 Å². The summed E-state index contributed by atoms with van der Waals surface area (Å²) in [7, 11) is 3.00. The van der Waals surface area contributed by atoms with Gasteiger partial charge in [-0.25, -0.2) is 0 Å². The standard InChI is InChI=1S/2C6H6.2C2H6.C2H2.2CH5N/c2*1-2-4-6-5-3-1;5*1-2/h2*1-6H;2*1-2H3;1-2H;2*2H2,1H3. The van der Waals surface area contributed by atoms with Crippen molar-refractivity contribution < 1.29 is 0 Å². The van der Waals surface area contributed by atoms with Crippen LogP contribution in [0.5, 0.6) is 0 Å². The predicted molar refractivity (Wildman–Crippen MR) is 106 cm³/mol. The molecule has 0 spiro atoms. The van der Waals surface area contributed by atoms with Crippen LogP contribution in [-0.2, 0) is 0 Å². The molecule has 0 amide bonds. The summed E-state index contributed by atoms with van der Waals surface area (Å²) >= 11 is 0. The maximum atomic E-state index is 4.50. The summed E-state index contributed by atoms with van der Waals surface area (Å²) in [5.74, 6) is 0. The van der Waals surface area contributed by atoms with Crippen molar-refractivity contribution in [1.82, 2.24) is 0 Å². The molecule has 0 bridgehead atoms. The van der Waals surface area contributed by atoms with Crippen LogP contribution >= 0.6 is 0 Å². The molecule has 0 aromatic heterocycles. The molecule has 0 saturated carbocycles. The van der Waals surface area contributed by atoms with Crippen LogP contribution in [0.3, 0.4) is 0 Å². The van der Waals surface area contributed by atoms with E-state index >= 15 is 0 Å². The minimum Gasteiger partial charge on any atom is -0.333 e. The number of rotatable bonds is 0. The summed E-state index contributed by atoms with van der Waals surface area (Å²) in [5, 5.41) is 0.